The Bertz CT molecular complexity index is 272. The van der Waals surface area contributed by atoms with Crippen LogP contribution in [0.1, 0.15) is 0 Å². The van der Waals surface area contributed by atoms with Gasteiger partial charge in [-0.15, -0.1) is 0 Å². The van der Waals surface area contributed by atoms with Crippen molar-refractivity contribution in [3.63, 3.8) is 0 Å². The van der Waals surface area contributed by atoms with Crippen molar-refractivity contribution in [3.05, 3.63) is 24.3 Å². The maximum absolute atomic E-state index is 5.59. The van der Waals surface area contributed by atoms with E-state index in [-0.39, 0.29) is 0 Å². The van der Waals surface area contributed by atoms with Crippen LogP contribution in [0.4, 0.5) is 11.4 Å². The number of anilines is 2. The van der Waals surface area contributed by atoms with Gasteiger partial charge in [0.2, 0.25) is 0 Å². The number of rotatable bonds is 4. The Labute approximate surface area is 86.1 Å². The van der Waals surface area contributed by atoms with Crippen molar-refractivity contribution in [3.8, 4) is 0 Å². The minimum atomic E-state index is 0.808. The molecule has 0 radical (unpaired) electrons. The lowest BCUT2D eigenvalue weighted by Gasteiger charge is -2.24. The maximum Gasteiger partial charge on any atom is 0.0955 e. The minimum Gasteiger partial charge on any atom is -0.399 e. The van der Waals surface area contributed by atoms with Gasteiger partial charge in [0.05, 0.1) is 34.2 Å². The van der Waals surface area contributed by atoms with E-state index in [0.717, 1.165) is 28.9 Å². The highest BCUT2D eigenvalue weighted by Gasteiger charge is 2.04. The largest absolute Gasteiger partial charge is 0.399 e. The first kappa shape index (κ1) is 10.9. The second-order valence-corrected chi connectivity index (χ2v) is 4.56. The number of nitrogen functional groups attached to an aromatic ring is 1. The molecule has 78 valence electrons. The third kappa shape index (κ3) is 4.14. The first-order valence-electron chi connectivity index (χ1n) is 4.87. The summed E-state index contributed by atoms with van der Waals surface area (Å²) in [5.74, 6) is 0. The van der Waals surface area contributed by atoms with Crippen LogP contribution < -0.4 is 11.1 Å². The van der Waals surface area contributed by atoms with Crippen LogP contribution in [0.25, 0.3) is 0 Å². The molecule has 3 heteroatoms. The van der Waals surface area contributed by atoms with Crippen LogP contribution in [-0.4, -0.2) is 38.7 Å². The molecule has 1 aromatic carbocycles. The van der Waals surface area contributed by atoms with Crippen molar-refractivity contribution in [1.82, 2.24) is 0 Å². The number of benzene rings is 1. The summed E-state index contributed by atoms with van der Waals surface area (Å²) in [6.45, 7) is 2.08. The lowest BCUT2D eigenvalue weighted by molar-refractivity contribution is -0.868. The molecule has 0 heterocycles. The number of quaternary nitrogens is 1. The first-order valence-corrected chi connectivity index (χ1v) is 4.87. The summed E-state index contributed by atoms with van der Waals surface area (Å²) in [5.41, 5.74) is 7.53. The molecular weight excluding hydrogens is 174 g/mol. The van der Waals surface area contributed by atoms with Gasteiger partial charge in [-0.3, -0.25) is 0 Å². The van der Waals surface area contributed by atoms with Gasteiger partial charge in [0.1, 0.15) is 0 Å². The average molecular weight is 194 g/mol. The number of nitrogens with one attached hydrogen (secondary N) is 1. The van der Waals surface area contributed by atoms with Crippen LogP contribution in [-0.2, 0) is 0 Å². The fourth-order valence-electron chi connectivity index (χ4n) is 1.14. The quantitative estimate of drug-likeness (QED) is 0.561. The normalized spacial score (nSPS) is 11.4. The predicted molar refractivity (Wildman–Crippen MR) is 62.2 cm³/mol. The van der Waals surface area contributed by atoms with E-state index in [9.17, 15) is 0 Å². The van der Waals surface area contributed by atoms with Crippen molar-refractivity contribution in [2.24, 2.45) is 0 Å². The Hall–Kier alpha value is -1.22. The zero-order valence-corrected chi connectivity index (χ0v) is 9.25. The van der Waals surface area contributed by atoms with Crippen LogP contribution in [0.15, 0.2) is 24.3 Å². The summed E-state index contributed by atoms with van der Waals surface area (Å²) in [4.78, 5) is 0. The van der Waals surface area contributed by atoms with Gasteiger partial charge in [-0.05, 0) is 24.3 Å². The molecule has 0 aromatic heterocycles. The summed E-state index contributed by atoms with van der Waals surface area (Å²) < 4.78 is 0.974. The zero-order chi connectivity index (χ0) is 10.6. The van der Waals surface area contributed by atoms with E-state index in [0.29, 0.717) is 0 Å². The molecule has 0 unspecified atom stereocenters. The molecule has 0 atom stereocenters. The van der Waals surface area contributed by atoms with Crippen molar-refractivity contribution < 1.29 is 4.48 Å². The van der Waals surface area contributed by atoms with Crippen LogP contribution in [0, 0.1) is 0 Å². The van der Waals surface area contributed by atoms with Gasteiger partial charge < -0.3 is 15.5 Å². The molecule has 0 saturated carbocycles. The summed E-state index contributed by atoms with van der Waals surface area (Å²) in [7, 11) is 6.56. The van der Waals surface area contributed by atoms with Crippen LogP contribution in [0.2, 0.25) is 0 Å². The molecule has 3 nitrogen and oxygen atoms in total. The number of nitrogens with two attached hydrogens (primary N) is 1. The smallest absolute Gasteiger partial charge is 0.0955 e. The number of likely N-dealkylation sites (N-methyl/N-ethyl adjacent to an activating group) is 1. The molecule has 3 N–H and O–H groups in total. The molecule has 0 aliphatic carbocycles. The maximum atomic E-state index is 5.59. The highest BCUT2D eigenvalue weighted by molar-refractivity contribution is 5.51. The van der Waals surface area contributed by atoms with E-state index in [2.05, 4.69) is 26.5 Å². The zero-order valence-electron chi connectivity index (χ0n) is 9.25. The summed E-state index contributed by atoms with van der Waals surface area (Å²) in [6.07, 6.45) is 0. The second-order valence-electron chi connectivity index (χ2n) is 4.56. The summed E-state index contributed by atoms with van der Waals surface area (Å²) >= 11 is 0. The fourth-order valence-corrected chi connectivity index (χ4v) is 1.14. The molecular formula is C11H20N3+. The lowest BCUT2D eigenvalue weighted by Crippen LogP contribution is -2.38. The molecule has 0 aliphatic rings. The summed E-state index contributed by atoms with van der Waals surface area (Å²) in [6, 6.07) is 7.83. The topological polar surface area (TPSA) is 38.0 Å². The van der Waals surface area contributed by atoms with E-state index in [1.165, 1.54) is 0 Å². The Morgan fingerprint density at radius 3 is 2.21 bits per heavy atom. The van der Waals surface area contributed by atoms with Crippen LogP contribution in [0.3, 0.4) is 0 Å². The molecule has 14 heavy (non-hydrogen) atoms. The number of hydrogen-bond acceptors (Lipinski definition) is 2. The van der Waals surface area contributed by atoms with Gasteiger partial charge in [0.25, 0.3) is 0 Å². The van der Waals surface area contributed by atoms with Gasteiger partial charge >= 0.3 is 0 Å². The Morgan fingerprint density at radius 1 is 1.14 bits per heavy atom. The van der Waals surface area contributed by atoms with Gasteiger partial charge in [0, 0.05) is 11.4 Å². The monoisotopic (exact) mass is 194 g/mol. The van der Waals surface area contributed by atoms with E-state index >= 15 is 0 Å². The Morgan fingerprint density at radius 2 is 1.71 bits per heavy atom. The molecule has 0 fully saturated rings. The van der Waals surface area contributed by atoms with E-state index < -0.39 is 0 Å². The van der Waals surface area contributed by atoms with Crippen molar-refractivity contribution in [2.75, 3.05) is 45.3 Å². The molecule has 0 bridgehead atoms. The highest BCUT2D eigenvalue weighted by Crippen LogP contribution is 2.09. The molecule has 0 saturated heterocycles. The standard InChI is InChI=1S/C11H20N3/c1-14(2,3)9-8-13-11-6-4-10(12)5-7-11/h4-7,13H,8-9,12H2,1-3H3/q+1. The average Bonchev–Trinajstić information content (AvgIpc) is 2.06. The molecule has 0 amide bonds. The lowest BCUT2D eigenvalue weighted by atomic mass is 10.3. The number of nitrogens with zero attached hydrogens (tertiary/aromatic N) is 1. The van der Waals surface area contributed by atoms with Gasteiger partial charge in [0.15, 0.2) is 0 Å². The van der Waals surface area contributed by atoms with E-state index in [4.69, 9.17) is 5.73 Å². The molecule has 1 aromatic rings. The van der Waals surface area contributed by atoms with Gasteiger partial charge in [-0.2, -0.15) is 0 Å². The molecule has 0 spiro atoms. The second kappa shape index (κ2) is 4.33. The third-order valence-electron chi connectivity index (χ3n) is 2.02. The molecule has 1 rings (SSSR count). The Balaban J connectivity index is 2.35. The minimum absolute atomic E-state index is 0.808. The third-order valence-corrected chi connectivity index (χ3v) is 2.02. The fraction of sp³-hybridized carbons (Fsp3) is 0.455. The van der Waals surface area contributed by atoms with Crippen LogP contribution >= 0.6 is 0 Å². The van der Waals surface area contributed by atoms with Gasteiger partial charge in [-0.1, -0.05) is 0 Å². The van der Waals surface area contributed by atoms with E-state index in [1.807, 2.05) is 24.3 Å². The van der Waals surface area contributed by atoms with E-state index in [1.54, 1.807) is 0 Å². The van der Waals surface area contributed by atoms with Crippen molar-refractivity contribution >= 4 is 11.4 Å². The van der Waals surface area contributed by atoms with Gasteiger partial charge in [-0.25, -0.2) is 0 Å². The first-order chi connectivity index (χ1) is 6.47. The highest BCUT2D eigenvalue weighted by atomic mass is 15.3. The van der Waals surface area contributed by atoms with Crippen molar-refractivity contribution in [1.29, 1.82) is 0 Å². The van der Waals surface area contributed by atoms with Crippen molar-refractivity contribution in [2.45, 2.75) is 0 Å². The predicted octanol–water partition coefficient (Wildman–Crippen LogP) is 1.39. The Kier molecular flexibility index (Phi) is 3.36. The summed E-state index contributed by atoms with van der Waals surface area (Å²) in [5, 5.41) is 3.36. The SMILES string of the molecule is C[N+](C)(C)CCNc1ccc(N)cc1. The number of hydrogen-bond donors (Lipinski definition) is 2. The molecule has 0 aliphatic heterocycles. The van der Waals surface area contributed by atoms with Crippen LogP contribution in [0.5, 0.6) is 0 Å².